The molecule has 7 heteroatoms. The summed E-state index contributed by atoms with van der Waals surface area (Å²) >= 11 is 5.03. The van der Waals surface area contributed by atoms with Crippen LogP contribution in [0.3, 0.4) is 0 Å². The normalized spacial score (nSPS) is 15.8. The van der Waals surface area contributed by atoms with Gasteiger partial charge in [0.25, 0.3) is 0 Å². The van der Waals surface area contributed by atoms with Gasteiger partial charge in [0.15, 0.2) is 17.6 Å². The van der Waals surface area contributed by atoms with Crippen molar-refractivity contribution >= 4 is 33.3 Å². The average Bonchev–Trinajstić information content (AvgIpc) is 3.02. The van der Waals surface area contributed by atoms with E-state index in [1.165, 1.54) is 0 Å². The van der Waals surface area contributed by atoms with Crippen molar-refractivity contribution in [2.75, 3.05) is 19.7 Å². The van der Waals surface area contributed by atoms with E-state index in [2.05, 4.69) is 21.2 Å². The zero-order valence-electron chi connectivity index (χ0n) is 13.3. The molecular weight excluding hydrogens is 392 g/mol. The molecule has 24 heavy (non-hydrogen) atoms. The summed E-state index contributed by atoms with van der Waals surface area (Å²) in [5, 5.41) is 4.96. The summed E-state index contributed by atoms with van der Waals surface area (Å²) in [7, 11) is 0. The third-order valence-electron chi connectivity index (χ3n) is 3.70. The average molecular weight is 411 g/mol. The molecule has 0 spiro atoms. The monoisotopic (exact) mass is 410 g/mol. The van der Waals surface area contributed by atoms with Gasteiger partial charge in [-0.25, -0.2) is 4.79 Å². The lowest BCUT2D eigenvalue weighted by Gasteiger charge is -2.30. The second-order valence-electron chi connectivity index (χ2n) is 5.43. The topological polar surface area (TPSA) is 50.8 Å². The lowest BCUT2D eigenvalue weighted by molar-refractivity contribution is 0.0675. The molecule has 0 radical (unpaired) electrons. The Balaban J connectivity index is 1.53. The highest BCUT2D eigenvalue weighted by molar-refractivity contribution is 9.10. The number of halogens is 1. The maximum Gasteiger partial charge on any atom is 0.317 e. The molecular formula is C17H19BrN2O3S. The number of ether oxygens (including phenoxy) is 2. The highest BCUT2D eigenvalue weighted by Crippen LogP contribution is 2.31. The SMILES string of the molecule is CCN(CC1COc2ccccc2O1)C(=O)NCc1cc(Br)cs1. The van der Waals surface area contributed by atoms with E-state index < -0.39 is 0 Å². The van der Waals surface area contributed by atoms with Gasteiger partial charge in [0.1, 0.15) is 6.61 Å². The minimum absolute atomic E-state index is 0.0931. The number of nitrogens with one attached hydrogen (secondary N) is 1. The molecule has 1 aliphatic heterocycles. The van der Waals surface area contributed by atoms with E-state index in [9.17, 15) is 4.79 Å². The number of likely N-dealkylation sites (N-methyl/N-ethyl adjacent to an activating group) is 1. The number of hydrogen-bond donors (Lipinski definition) is 1. The van der Waals surface area contributed by atoms with Gasteiger partial charge in [-0.1, -0.05) is 12.1 Å². The van der Waals surface area contributed by atoms with Crippen LogP contribution in [0.4, 0.5) is 4.79 Å². The summed E-state index contributed by atoms with van der Waals surface area (Å²) < 4.78 is 12.7. The molecule has 1 aromatic heterocycles. The molecule has 0 bridgehead atoms. The van der Waals surface area contributed by atoms with E-state index in [0.717, 1.165) is 20.8 Å². The van der Waals surface area contributed by atoms with Crippen LogP contribution < -0.4 is 14.8 Å². The zero-order chi connectivity index (χ0) is 16.9. The fourth-order valence-corrected chi connectivity index (χ4v) is 3.87. The molecule has 0 aliphatic carbocycles. The summed E-state index contributed by atoms with van der Waals surface area (Å²) in [6.45, 7) is 4.03. The summed E-state index contributed by atoms with van der Waals surface area (Å²) in [6, 6.07) is 9.51. The van der Waals surface area contributed by atoms with E-state index in [0.29, 0.717) is 26.2 Å². The van der Waals surface area contributed by atoms with E-state index in [1.54, 1.807) is 16.2 Å². The van der Waals surface area contributed by atoms with Gasteiger partial charge in [0, 0.05) is 21.3 Å². The van der Waals surface area contributed by atoms with Gasteiger partial charge in [0.2, 0.25) is 0 Å². The first-order valence-corrected chi connectivity index (χ1v) is 9.47. The lowest BCUT2D eigenvalue weighted by atomic mass is 10.2. The molecule has 3 rings (SSSR count). The Bertz CT molecular complexity index is 707. The van der Waals surface area contributed by atoms with Crippen molar-refractivity contribution in [1.29, 1.82) is 0 Å². The predicted molar refractivity (Wildman–Crippen MR) is 97.9 cm³/mol. The number of para-hydroxylation sites is 2. The second-order valence-corrected chi connectivity index (χ2v) is 7.34. The van der Waals surface area contributed by atoms with Gasteiger partial charge in [0.05, 0.1) is 13.1 Å². The van der Waals surface area contributed by atoms with Crippen LogP contribution in [0.15, 0.2) is 40.2 Å². The molecule has 128 valence electrons. The number of hydrogen-bond acceptors (Lipinski definition) is 4. The number of fused-ring (bicyclic) bond motifs is 1. The molecule has 2 amide bonds. The largest absolute Gasteiger partial charge is 0.486 e. The predicted octanol–water partition coefficient (Wildman–Crippen LogP) is 3.88. The fourth-order valence-electron chi connectivity index (χ4n) is 2.48. The second kappa shape index (κ2) is 7.90. The number of carbonyl (C=O) groups is 1. The number of rotatable bonds is 5. The third-order valence-corrected chi connectivity index (χ3v) is 5.39. The summed E-state index contributed by atoms with van der Waals surface area (Å²) in [4.78, 5) is 15.2. The molecule has 5 nitrogen and oxygen atoms in total. The number of carbonyl (C=O) groups excluding carboxylic acids is 1. The van der Waals surface area contributed by atoms with Crippen LogP contribution in [-0.2, 0) is 6.54 Å². The Morgan fingerprint density at radius 1 is 1.42 bits per heavy atom. The molecule has 1 unspecified atom stereocenters. The minimum atomic E-state index is -0.165. The summed E-state index contributed by atoms with van der Waals surface area (Å²) in [5.41, 5.74) is 0. The number of urea groups is 1. The molecule has 1 atom stereocenters. The number of benzene rings is 1. The van der Waals surface area contributed by atoms with E-state index in [1.807, 2.05) is 42.6 Å². The van der Waals surface area contributed by atoms with Crippen molar-refractivity contribution < 1.29 is 14.3 Å². The Morgan fingerprint density at radius 3 is 2.92 bits per heavy atom. The van der Waals surface area contributed by atoms with Crippen LogP contribution in [0.1, 0.15) is 11.8 Å². The summed E-state index contributed by atoms with van der Waals surface area (Å²) in [5.74, 6) is 1.48. The minimum Gasteiger partial charge on any atom is -0.486 e. The van der Waals surface area contributed by atoms with Gasteiger partial charge in [-0.05, 0) is 41.1 Å². The standard InChI is InChI=1S/C17H19BrN2O3S/c1-2-20(17(21)19-8-14-7-12(18)11-24-14)9-13-10-22-15-5-3-4-6-16(15)23-13/h3-7,11,13H,2,8-10H2,1H3,(H,19,21). The highest BCUT2D eigenvalue weighted by atomic mass is 79.9. The lowest BCUT2D eigenvalue weighted by Crippen LogP contribution is -2.47. The first kappa shape index (κ1) is 17.1. The molecule has 0 saturated heterocycles. The van der Waals surface area contributed by atoms with Gasteiger partial charge < -0.3 is 19.7 Å². The van der Waals surface area contributed by atoms with Crippen LogP contribution in [0, 0.1) is 0 Å². The van der Waals surface area contributed by atoms with Crippen molar-refractivity contribution in [3.63, 3.8) is 0 Å². The molecule has 0 fully saturated rings. The smallest absolute Gasteiger partial charge is 0.317 e. The van der Waals surface area contributed by atoms with Gasteiger partial charge >= 0.3 is 6.03 Å². The zero-order valence-corrected chi connectivity index (χ0v) is 15.7. The number of thiophene rings is 1. The first-order chi connectivity index (χ1) is 11.7. The van der Waals surface area contributed by atoms with Crippen LogP contribution in [0.25, 0.3) is 0 Å². The van der Waals surface area contributed by atoms with Crippen LogP contribution in [0.5, 0.6) is 11.5 Å². The Hall–Kier alpha value is -1.73. The van der Waals surface area contributed by atoms with Crippen molar-refractivity contribution in [1.82, 2.24) is 10.2 Å². The Morgan fingerprint density at radius 2 is 2.21 bits per heavy atom. The van der Waals surface area contributed by atoms with Crippen molar-refractivity contribution in [2.45, 2.75) is 19.6 Å². The highest BCUT2D eigenvalue weighted by Gasteiger charge is 2.24. The van der Waals surface area contributed by atoms with Crippen LogP contribution in [0.2, 0.25) is 0 Å². The maximum absolute atomic E-state index is 12.4. The third kappa shape index (κ3) is 4.21. The van der Waals surface area contributed by atoms with E-state index in [-0.39, 0.29) is 12.1 Å². The molecule has 0 saturated carbocycles. The van der Waals surface area contributed by atoms with Crippen LogP contribution >= 0.6 is 27.3 Å². The van der Waals surface area contributed by atoms with E-state index >= 15 is 0 Å². The maximum atomic E-state index is 12.4. The van der Waals surface area contributed by atoms with Gasteiger partial charge in [-0.2, -0.15) is 0 Å². The van der Waals surface area contributed by atoms with E-state index in [4.69, 9.17) is 9.47 Å². The van der Waals surface area contributed by atoms with Gasteiger partial charge in [-0.3, -0.25) is 0 Å². The van der Waals surface area contributed by atoms with Gasteiger partial charge in [-0.15, -0.1) is 11.3 Å². The fraction of sp³-hybridized carbons (Fsp3) is 0.353. The van der Waals surface area contributed by atoms with Crippen LogP contribution in [-0.4, -0.2) is 36.7 Å². The Labute approximate surface area is 153 Å². The van der Waals surface area contributed by atoms with Crippen molar-refractivity contribution in [2.24, 2.45) is 0 Å². The molecule has 1 N–H and O–H groups in total. The number of amides is 2. The van der Waals surface area contributed by atoms with Crippen molar-refractivity contribution in [3.05, 3.63) is 45.1 Å². The molecule has 2 heterocycles. The first-order valence-electron chi connectivity index (χ1n) is 7.80. The summed E-state index contributed by atoms with van der Waals surface area (Å²) in [6.07, 6.45) is -0.165. The number of nitrogens with zero attached hydrogens (tertiary/aromatic N) is 1. The van der Waals surface area contributed by atoms with Crippen molar-refractivity contribution in [3.8, 4) is 11.5 Å². The molecule has 2 aromatic rings. The molecule has 1 aromatic carbocycles. The Kier molecular flexibility index (Phi) is 5.63. The molecule has 1 aliphatic rings. The quantitative estimate of drug-likeness (QED) is 0.813.